The zero-order valence-electron chi connectivity index (χ0n) is 17.9. The number of anilines is 3. The molecule has 0 bridgehead atoms. The molecule has 9 nitrogen and oxygen atoms in total. The first-order chi connectivity index (χ1) is 15.5. The van der Waals surface area contributed by atoms with E-state index in [1.807, 2.05) is 4.90 Å². The summed E-state index contributed by atoms with van der Waals surface area (Å²) < 4.78 is 45.7. The minimum Gasteiger partial charge on any atom is -0.495 e. The predicted octanol–water partition coefficient (Wildman–Crippen LogP) is 2.45. The van der Waals surface area contributed by atoms with Crippen LogP contribution in [0.2, 0.25) is 0 Å². The molecule has 0 saturated carbocycles. The number of sulfonamides is 1. The van der Waals surface area contributed by atoms with E-state index in [9.17, 15) is 13.2 Å². The van der Waals surface area contributed by atoms with Crippen LogP contribution in [0.15, 0.2) is 47.4 Å². The van der Waals surface area contributed by atoms with Crippen LogP contribution in [0.3, 0.4) is 0 Å². The number of para-hydroxylation sites is 2. The predicted molar refractivity (Wildman–Crippen MR) is 121 cm³/mol. The Kier molecular flexibility index (Phi) is 6.83. The molecule has 2 aliphatic heterocycles. The highest BCUT2D eigenvalue weighted by atomic mass is 32.2. The van der Waals surface area contributed by atoms with Crippen molar-refractivity contribution in [3.63, 3.8) is 0 Å². The maximum absolute atomic E-state index is 13.5. The molecule has 2 N–H and O–H groups in total. The van der Waals surface area contributed by atoms with Gasteiger partial charge < -0.3 is 24.4 Å². The fraction of sp³-hybridized carbons (Fsp3) is 0.409. The van der Waals surface area contributed by atoms with Crippen LogP contribution < -0.4 is 19.7 Å². The van der Waals surface area contributed by atoms with Crippen molar-refractivity contribution in [2.45, 2.75) is 23.8 Å². The molecule has 2 heterocycles. The Labute approximate surface area is 187 Å². The van der Waals surface area contributed by atoms with E-state index < -0.39 is 16.1 Å². The van der Waals surface area contributed by atoms with Crippen LogP contribution in [0, 0.1) is 0 Å². The van der Waals surface area contributed by atoms with Crippen molar-refractivity contribution in [2.24, 2.45) is 0 Å². The van der Waals surface area contributed by atoms with Gasteiger partial charge in [-0.2, -0.15) is 0 Å². The summed E-state index contributed by atoms with van der Waals surface area (Å²) in [6.07, 6.45) is 0.968. The first kappa shape index (κ1) is 22.4. The van der Waals surface area contributed by atoms with Gasteiger partial charge in [0.15, 0.2) is 0 Å². The molecule has 2 aliphatic rings. The van der Waals surface area contributed by atoms with Crippen molar-refractivity contribution in [3.8, 4) is 5.75 Å². The molecular formula is C22H27N3O6S. The second kappa shape index (κ2) is 9.76. The minimum atomic E-state index is -4.00. The van der Waals surface area contributed by atoms with E-state index in [-0.39, 0.29) is 10.8 Å². The van der Waals surface area contributed by atoms with Crippen molar-refractivity contribution in [1.29, 1.82) is 0 Å². The van der Waals surface area contributed by atoms with E-state index in [1.54, 1.807) is 36.4 Å². The number of carbonyl (C=O) groups is 1. The molecular weight excluding hydrogens is 434 g/mol. The number of rotatable bonds is 7. The highest BCUT2D eigenvalue weighted by molar-refractivity contribution is 7.93. The number of carbonyl (C=O) groups excluding carboxylic acids is 1. The summed E-state index contributed by atoms with van der Waals surface area (Å²) in [4.78, 5) is 14.5. The molecule has 4 rings (SSSR count). The van der Waals surface area contributed by atoms with Gasteiger partial charge in [0.1, 0.15) is 16.7 Å². The lowest BCUT2D eigenvalue weighted by Gasteiger charge is -2.30. The van der Waals surface area contributed by atoms with E-state index in [2.05, 4.69) is 10.0 Å². The highest BCUT2D eigenvalue weighted by Crippen LogP contribution is 2.33. The number of nitrogens with zero attached hydrogens (tertiary/aromatic N) is 1. The number of hydrogen-bond donors (Lipinski definition) is 2. The molecule has 2 aromatic carbocycles. The molecule has 1 amide bonds. The van der Waals surface area contributed by atoms with Crippen molar-refractivity contribution < 1.29 is 27.4 Å². The van der Waals surface area contributed by atoms with Gasteiger partial charge >= 0.3 is 0 Å². The average Bonchev–Trinajstić information content (AvgIpc) is 3.35. The molecule has 32 heavy (non-hydrogen) atoms. The van der Waals surface area contributed by atoms with Gasteiger partial charge in [-0.15, -0.1) is 0 Å². The van der Waals surface area contributed by atoms with Crippen molar-refractivity contribution in [3.05, 3.63) is 42.5 Å². The maximum Gasteiger partial charge on any atom is 0.264 e. The van der Waals surface area contributed by atoms with Crippen molar-refractivity contribution in [2.75, 3.05) is 55.0 Å². The smallest absolute Gasteiger partial charge is 0.264 e. The summed E-state index contributed by atoms with van der Waals surface area (Å²) in [6, 6.07) is 11.7. The third-order valence-electron chi connectivity index (χ3n) is 5.44. The second-order valence-electron chi connectivity index (χ2n) is 7.58. The summed E-state index contributed by atoms with van der Waals surface area (Å²) in [6.45, 7) is 2.71. The number of benzene rings is 2. The Bertz CT molecular complexity index is 1060. The average molecular weight is 462 g/mol. The Balaban J connectivity index is 1.68. The number of amides is 1. The normalized spacial score (nSPS) is 18.9. The monoisotopic (exact) mass is 461 g/mol. The minimum absolute atomic E-state index is 0.0652. The molecule has 172 valence electrons. The van der Waals surface area contributed by atoms with Gasteiger partial charge in [0, 0.05) is 25.4 Å². The largest absolute Gasteiger partial charge is 0.495 e. The second-order valence-corrected chi connectivity index (χ2v) is 9.23. The maximum atomic E-state index is 13.5. The van der Waals surface area contributed by atoms with Crippen LogP contribution in [-0.4, -0.2) is 60.4 Å². The summed E-state index contributed by atoms with van der Waals surface area (Å²) in [5.41, 5.74) is 1.27. The molecule has 0 radical (unpaired) electrons. The van der Waals surface area contributed by atoms with Crippen LogP contribution >= 0.6 is 0 Å². The quantitative estimate of drug-likeness (QED) is 0.652. The molecule has 0 spiro atoms. The fourth-order valence-electron chi connectivity index (χ4n) is 3.81. The van der Waals surface area contributed by atoms with Gasteiger partial charge in [-0.1, -0.05) is 12.1 Å². The lowest BCUT2D eigenvalue weighted by atomic mass is 10.2. The van der Waals surface area contributed by atoms with E-state index in [0.717, 1.165) is 6.42 Å². The number of ether oxygens (including phenoxy) is 3. The standard InChI is InChI=1S/C22H27N3O6S/c1-29-19-6-3-2-5-17(19)24-32(27,28)21-15-16(23-22(26)20-7-4-12-31-20)8-9-18(21)25-10-13-30-14-11-25/h2-3,5-6,8-9,15,20,24H,4,7,10-14H2,1H3,(H,23,26)/t20-/m0/s1. The highest BCUT2D eigenvalue weighted by Gasteiger charge is 2.27. The summed E-state index contributed by atoms with van der Waals surface area (Å²) in [5, 5.41) is 2.79. The summed E-state index contributed by atoms with van der Waals surface area (Å²) >= 11 is 0. The topological polar surface area (TPSA) is 106 Å². The molecule has 0 unspecified atom stereocenters. The Morgan fingerprint density at radius 3 is 2.62 bits per heavy atom. The molecule has 2 aromatic rings. The van der Waals surface area contributed by atoms with Crippen LogP contribution in [0.5, 0.6) is 5.75 Å². The number of morpholine rings is 1. The van der Waals surface area contributed by atoms with Gasteiger partial charge in [-0.05, 0) is 43.2 Å². The van der Waals surface area contributed by atoms with E-state index in [1.165, 1.54) is 13.2 Å². The third-order valence-corrected chi connectivity index (χ3v) is 6.84. The van der Waals surface area contributed by atoms with Crippen LogP contribution in [0.1, 0.15) is 12.8 Å². The van der Waals surface area contributed by atoms with E-state index >= 15 is 0 Å². The molecule has 1 atom stereocenters. The van der Waals surface area contributed by atoms with E-state index in [4.69, 9.17) is 14.2 Å². The van der Waals surface area contributed by atoms with Gasteiger partial charge in [0.25, 0.3) is 15.9 Å². The third kappa shape index (κ3) is 4.98. The van der Waals surface area contributed by atoms with Gasteiger partial charge in [-0.3, -0.25) is 9.52 Å². The number of hydrogen-bond acceptors (Lipinski definition) is 7. The van der Waals surface area contributed by atoms with E-state index in [0.29, 0.717) is 62.1 Å². The summed E-state index contributed by atoms with van der Waals surface area (Å²) in [7, 11) is -2.52. The lowest BCUT2D eigenvalue weighted by molar-refractivity contribution is -0.124. The molecule has 2 saturated heterocycles. The fourth-order valence-corrected chi connectivity index (χ4v) is 5.13. The molecule has 2 fully saturated rings. The summed E-state index contributed by atoms with van der Waals surface area (Å²) in [5.74, 6) is 0.134. The number of methoxy groups -OCH3 is 1. The first-order valence-corrected chi connectivity index (χ1v) is 12.0. The Morgan fingerprint density at radius 1 is 1.12 bits per heavy atom. The molecule has 0 aliphatic carbocycles. The zero-order valence-corrected chi connectivity index (χ0v) is 18.7. The number of nitrogens with one attached hydrogen (secondary N) is 2. The van der Waals surface area contributed by atoms with Crippen LogP contribution in [0.4, 0.5) is 17.1 Å². The molecule has 0 aromatic heterocycles. The SMILES string of the molecule is COc1ccccc1NS(=O)(=O)c1cc(NC(=O)[C@@H]2CCCO2)ccc1N1CCOCC1. The Morgan fingerprint density at radius 2 is 1.91 bits per heavy atom. The Hall–Kier alpha value is -2.82. The zero-order chi connectivity index (χ0) is 22.6. The first-order valence-electron chi connectivity index (χ1n) is 10.5. The van der Waals surface area contributed by atoms with Gasteiger partial charge in [0.05, 0.1) is 31.7 Å². The van der Waals surface area contributed by atoms with Crippen LogP contribution in [-0.2, 0) is 24.3 Å². The van der Waals surface area contributed by atoms with Crippen molar-refractivity contribution >= 4 is 33.0 Å². The van der Waals surface area contributed by atoms with Gasteiger partial charge in [-0.25, -0.2) is 8.42 Å². The van der Waals surface area contributed by atoms with Crippen LogP contribution in [0.25, 0.3) is 0 Å². The van der Waals surface area contributed by atoms with Crippen molar-refractivity contribution in [1.82, 2.24) is 0 Å². The molecule has 10 heteroatoms. The van der Waals surface area contributed by atoms with Gasteiger partial charge in [0.2, 0.25) is 0 Å². The lowest BCUT2D eigenvalue weighted by Crippen LogP contribution is -2.37.